The molecule has 0 radical (unpaired) electrons. The first-order valence-corrected chi connectivity index (χ1v) is 11.9. The van der Waals surface area contributed by atoms with Gasteiger partial charge in [-0.25, -0.2) is 19.2 Å². The molecule has 5 heterocycles. The molecule has 6 rings (SSSR count). The molecule has 3 aromatic heterocycles. The van der Waals surface area contributed by atoms with E-state index in [1.165, 1.54) is 6.07 Å². The van der Waals surface area contributed by atoms with Crippen molar-refractivity contribution in [2.45, 2.75) is 32.2 Å². The van der Waals surface area contributed by atoms with Crippen LogP contribution in [-0.4, -0.2) is 45.1 Å². The van der Waals surface area contributed by atoms with E-state index in [1.54, 1.807) is 34.9 Å². The molecule has 1 fully saturated rings. The Hall–Kier alpha value is -4.01. The van der Waals surface area contributed by atoms with E-state index in [2.05, 4.69) is 19.9 Å². The summed E-state index contributed by atoms with van der Waals surface area (Å²) >= 11 is 0. The number of H-pyrrole nitrogens is 1. The molecule has 178 valence electrons. The van der Waals surface area contributed by atoms with Gasteiger partial charge in [0.1, 0.15) is 11.6 Å². The molecule has 1 aromatic carbocycles. The maximum atomic E-state index is 14.2. The van der Waals surface area contributed by atoms with Crippen molar-refractivity contribution in [2.24, 2.45) is 0 Å². The van der Waals surface area contributed by atoms with Crippen LogP contribution in [0.3, 0.4) is 0 Å². The Labute approximate surface area is 201 Å². The van der Waals surface area contributed by atoms with Crippen LogP contribution in [0.5, 0.6) is 0 Å². The highest BCUT2D eigenvalue weighted by atomic mass is 19.1. The molecule has 0 saturated carbocycles. The summed E-state index contributed by atoms with van der Waals surface area (Å²) in [5, 5.41) is 0. The number of benzene rings is 1. The summed E-state index contributed by atoms with van der Waals surface area (Å²) in [6.07, 6.45) is 5.59. The molecule has 0 aliphatic carbocycles. The first kappa shape index (κ1) is 21.5. The number of nitrogens with zero attached hydrogens (tertiary/aromatic N) is 5. The highest BCUT2D eigenvalue weighted by Gasteiger charge is 2.28. The lowest BCUT2D eigenvalue weighted by Crippen LogP contribution is -2.37. The first-order chi connectivity index (χ1) is 17.0. The van der Waals surface area contributed by atoms with Crippen molar-refractivity contribution in [2.75, 3.05) is 29.4 Å². The van der Waals surface area contributed by atoms with E-state index in [0.717, 1.165) is 36.2 Å². The van der Waals surface area contributed by atoms with Gasteiger partial charge in [-0.2, -0.15) is 0 Å². The number of pyridine rings is 2. The van der Waals surface area contributed by atoms with E-state index >= 15 is 0 Å². The molecule has 0 unspecified atom stereocenters. The topological polar surface area (TPSA) is 87.1 Å². The monoisotopic (exact) mass is 472 g/mol. The fraction of sp³-hybridized carbons (Fsp3) is 0.308. The second-order valence-electron chi connectivity index (χ2n) is 9.23. The van der Waals surface area contributed by atoms with Gasteiger partial charge in [0.25, 0.3) is 5.91 Å². The van der Waals surface area contributed by atoms with Gasteiger partial charge in [-0.15, -0.1) is 0 Å². The molecular formula is C26H25FN6O2. The Kier molecular flexibility index (Phi) is 5.12. The molecule has 0 spiro atoms. The zero-order chi connectivity index (χ0) is 24.1. The van der Waals surface area contributed by atoms with Gasteiger partial charge in [0.2, 0.25) is 0 Å². The molecule has 2 aliphatic rings. The number of hydrogen-bond donors (Lipinski definition) is 1. The van der Waals surface area contributed by atoms with Gasteiger partial charge in [-0.3, -0.25) is 14.3 Å². The Balaban J connectivity index is 1.20. The van der Waals surface area contributed by atoms with Crippen LogP contribution in [-0.2, 0) is 6.42 Å². The third-order valence-electron chi connectivity index (χ3n) is 7.14. The molecule has 4 aromatic rings. The van der Waals surface area contributed by atoms with E-state index in [0.29, 0.717) is 42.1 Å². The summed E-state index contributed by atoms with van der Waals surface area (Å²) in [7, 11) is 0. The van der Waals surface area contributed by atoms with Crippen molar-refractivity contribution >= 4 is 28.6 Å². The third kappa shape index (κ3) is 3.67. The zero-order valence-electron chi connectivity index (χ0n) is 19.4. The standard InChI is InChI=1S/C26H25FN6O2/c1-16-13-17-5-12-32(22(17)15-20(16)27)25(34)18-4-9-28-23(14-18)31-10-6-19(7-11-31)33-21-3-2-8-29-24(21)30-26(33)35/h2-4,8-9,13-15,19H,5-7,10-12H2,1H3,(H,29,30,35). The van der Waals surface area contributed by atoms with Crippen LogP contribution in [0.25, 0.3) is 11.2 Å². The molecule has 1 amide bonds. The average Bonchev–Trinajstić information content (AvgIpc) is 3.43. The van der Waals surface area contributed by atoms with Crippen molar-refractivity contribution in [1.82, 2.24) is 19.5 Å². The number of nitrogens with one attached hydrogen (secondary N) is 1. The zero-order valence-corrected chi connectivity index (χ0v) is 19.4. The van der Waals surface area contributed by atoms with E-state index in [-0.39, 0.29) is 23.5 Å². The lowest BCUT2D eigenvalue weighted by Gasteiger charge is -2.33. The molecule has 1 N–H and O–H groups in total. The maximum Gasteiger partial charge on any atom is 0.327 e. The molecular weight excluding hydrogens is 447 g/mol. The molecule has 0 atom stereocenters. The van der Waals surface area contributed by atoms with Gasteiger partial charge in [-0.1, -0.05) is 6.07 Å². The molecule has 9 heteroatoms. The van der Waals surface area contributed by atoms with Crippen LogP contribution < -0.4 is 15.5 Å². The molecule has 1 saturated heterocycles. The second kappa shape index (κ2) is 8.33. The van der Waals surface area contributed by atoms with Crippen LogP contribution in [0.4, 0.5) is 15.9 Å². The van der Waals surface area contributed by atoms with Crippen molar-refractivity contribution in [3.63, 3.8) is 0 Å². The van der Waals surface area contributed by atoms with Gasteiger partial charge in [0.05, 0.1) is 11.2 Å². The maximum absolute atomic E-state index is 14.2. The average molecular weight is 473 g/mol. The van der Waals surface area contributed by atoms with Crippen molar-refractivity contribution in [1.29, 1.82) is 0 Å². The number of carbonyl (C=O) groups is 1. The third-order valence-corrected chi connectivity index (χ3v) is 7.14. The highest BCUT2D eigenvalue weighted by molar-refractivity contribution is 6.07. The lowest BCUT2D eigenvalue weighted by molar-refractivity contribution is 0.0989. The largest absolute Gasteiger partial charge is 0.356 e. The number of imidazole rings is 1. The fourth-order valence-corrected chi connectivity index (χ4v) is 5.30. The number of anilines is 2. The van der Waals surface area contributed by atoms with Crippen LogP contribution >= 0.6 is 0 Å². The van der Waals surface area contributed by atoms with E-state index in [1.807, 2.05) is 24.3 Å². The normalized spacial score (nSPS) is 16.2. The van der Waals surface area contributed by atoms with Crippen LogP contribution in [0.15, 0.2) is 53.6 Å². The SMILES string of the molecule is Cc1cc2c(cc1F)N(C(=O)c1ccnc(N3CCC(n4c(=O)[nH]c5ncccc54)CC3)c1)CC2. The summed E-state index contributed by atoms with van der Waals surface area (Å²) in [5.74, 6) is 0.284. The van der Waals surface area contributed by atoms with Gasteiger partial charge in [0, 0.05) is 43.6 Å². The number of rotatable bonds is 3. The van der Waals surface area contributed by atoms with E-state index in [9.17, 15) is 14.0 Å². The number of aromatic nitrogens is 4. The van der Waals surface area contributed by atoms with Crippen molar-refractivity contribution < 1.29 is 9.18 Å². The summed E-state index contributed by atoms with van der Waals surface area (Å²) in [5.41, 5.74) is 4.06. The minimum absolute atomic E-state index is 0.0703. The minimum Gasteiger partial charge on any atom is -0.356 e. The fourth-order valence-electron chi connectivity index (χ4n) is 5.30. The number of aromatic amines is 1. The van der Waals surface area contributed by atoms with Crippen molar-refractivity contribution in [3.05, 3.63) is 81.8 Å². The Bertz CT molecular complexity index is 1500. The lowest BCUT2D eigenvalue weighted by atomic mass is 10.0. The van der Waals surface area contributed by atoms with E-state index in [4.69, 9.17) is 0 Å². The quantitative estimate of drug-likeness (QED) is 0.492. The smallest absolute Gasteiger partial charge is 0.327 e. The number of hydrogen-bond acceptors (Lipinski definition) is 5. The molecule has 0 bridgehead atoms. The predicted molar refractivity (Wildman–Crippen MR) is 132 cm³/mol. The molecule has 2 aliphatic heterocycles. The molecule has 8 nitrogen and oxygen atoms in total. The first-order valence-electron chi connectivity index (χ1n) is 11.9. The van der Waals surface area contributed by atoms with Gasteiger partial charge >= 0.3 is 5.69 Å². The summed E-state index contributed by atoms with van der Waals surface area (Å²) in [6, 6.07) is 10.6. The van der Waals surface area contributed by atoms with Crippen LogP contribution in [0, 0.1) is 12.7 Å². The Morgan fingerprint density at radius 1 is 1.09 bits per heavy atom. The Morgan fingerprint density at radius 2 is 1.91 bits per heavy atom. The minimum atomic E-state index is -0.299. The number of fused-ring (bicyclic) bond motifs is 2. The van der Waals surface area contributed by atoms with Gasteiger partial charge < -0.3 is 9.80 Å². The Morgan fingerprint density at radius 3 is 2.74 bits per heavy atom. The highest BCUT2D eigenvalue weighted by Crippen LogP contribution is 2.32. The van der Waals surface area contributed by atoms with E-state index < -0.39 is 0 Å². The van der Waals surface area contributed by atoms with Gasteiger partial charge in [-0.05, 0) is 67.6 Å². The number of carbonyl (C=O) groups excluding carboxylic acids is 1. The summed E-state index contributed by atoms with van der Waals surface area (Å²) < 4.78 is 16.0. The summed E-state index contributed by atoms with van der Waals surface area (Å²) in [6.45, 7) is 3.70. The van der Waals surface area contributed by atoms with Gasteiger partial charge in [0.15, 0.2) is 5.65 Å². The number of aryl methyl sites for hydroxylation is 1. The van der Waals surface area contributed by atoms with Crippen LogP contribution in [0.2, 0.25) is 0 Å². The number of amides is 1. The molecule has 35 heavy (non-hydrogen) atoms. The predicted octanol–water partition coefficient (Wildman–Crippen LogP) is 3.61. The second-order valence-corrected chi connectivity index (χ2v) is 9.23. The van der Waals surface area contributed by atoms with Crippen molar-refractivity contribution in [3.8, 4) is 0 Å². The number of piperidine rings is 1. The number of halogens is 1. The van der Waals surface area contributed by atoms with Crippen LogP contribution in [0.1, 0.15) is 40.4 Å². The summed E-state index contributed by atoms with van der Waals surface area (Å²) in [4.78, 5) is 41.2.